The van der Waals surface area contributed by atoms with Crippen LogP contribution in [0.25, 0.3) is 0 Å². The average Bonchev–Trinajstić information content (AvgIpc) is 3.01. The Balaban J connectivity index is 1.70. The van der Waals surface area contributed by atoms with Crippen LogP contribution < -0.4 is 5.14 Å². The minimum Gasteiger partial charge on any atom is -0.299 e. The van der Waals surface area contributed by atoms with Gasteiger partial charge in [-0.15, -0.1) is 0 Å². The molecule has 1 aliphatic carbocycles. The van der Waals surface area contributed by atoms with Gasteiger partial charge in [0.1, 0.15) is 0 Å². The Bertz CT molecular complexity index is 651. The van der Waals surface area contributed by atoms with Crippen molar-refractivity contribution in [2.24, 2.45) is 11.1 Å². The minimum absolute atomic E-state index is 0.151. The van der Waals surface area contributed by atoms with Crippen LogP contribution in [0, 0.1) is 5.92 Å². The molecule has 0 bridgehead atoms. The molecule has 0 amide bonds. The van der Waals surface area contributed by atoms with E-state index in [4.69, 9.17) is 5.14 Å². The molecule has 0 spiro atoms. The second kappa shape index (κ2) is 6.11. The van der Waals surface area contributed by atoms with Crippen molar-refractivity contribution in [3.63, 3.8) is 0 Å². The maximum absolute atomic E-state index is 14.2. The summed E-state index contributed by atoms with van der Waals surface area (Å²) in [4.78, 5) is 1.90. The van der Waals surface area contributed by atoms with E-state index in [1.54, 1.807) is 24.3 Å². The minimum atomic E-state index is -3.60. The SMILES string of the molecule is NS(=O)(=O)CC1CCCCN1C[C@@H]1[C@@H](c2ccccc2)C1(F)F. The highest BCUT2D eigenvalue weighted by atomic mass is 32.2. The van der Waals surface area contributed by atoms with Crippen molar-refractivity contribution in [1.29, 1.82) is 0 Å². The number of piperidine rings is 1. The average molecular weight is 344 g/mol. The lowest BCUT2D eigenvalue weighted by Crippen LogP contribution is -2.46. The largest absolute Gasteiger partial charge is 0.299 e. The molecular weight excluding hydrogens is 322 g/mol. The topological polar surface area (TPSA) is 63.4 Å². The first-order valence-electron chi connectivity index (χ1n) is 7.96. The van der Waals surface area contributed by atoms with Crippen molar-refractivity contribution in [3.8, 4) is 0 Å². The van der Waals surface area contributed by atoms with Gasteiger partial charge in [0, 0.05) is 18.5 Å². The monoisotopic (exact) mass is 344 g/mol. The third kappa shape index (κ3) is 3.72. The molecule has 3 rings (SSSR count). The summed E-state index contributed by atoms with van der Waals surface area (Å²) in [5.74, 6) is -4.38. The normalized spacial score (nSPS) is 31.0. The molecule has 1 aromatic rings. The lowest BCUT2D eigenvalue weighted by molar-refractivity contribution is 0.0720. The fourth-order valence-electron chi connectivity index (χ4n) is 3.74. The molecule has 0 aromatic heterocycles. The van der Waals surface area contributed by atoms with Gasteiger partial charge in [0.05, 0.1) is 11.7 Å². The summed E-state index contributed by atoms with van der Waals surface area (Å²) >= 11 is 0. The number of alkyl halides is 2. The molecule has 2 aliphatic rings. The van der Waals surface area contributed by atoms with Crippen LogP contribution >= 0.6 is 0 Å². The van der Waals surface area contributed by atoms with Crippen molar-refractivity contribution in [2.45, 2.75) is 37.1 Å². The van der Waals surface area contributed by atoms with Crippen LogP contribution in [0.5, 0.6) is 0 Å². The first-order chi connectivity index (χ1) is 10.8. The molecular formula is C16H22F2N2O2S. The molecule has 3 atom stereocenters. The molecule has 128 valence electrons. The Morgan fingerprint density at radius 3 is 2.57 bits per heavy atom. The molecule has 1 aromatic carbocycles. The number of sulfonamides is 1. The maximum atomic E-state index is 14.2. The summed E-state index contributed by atoms with van der Waals surface area (Å²) in [5.41, 5.74) is 0.655. The van der Waals surface area contributed by atoms with Gasteiger partial charge in [0.25, 0.3) is 5.92 Å². The van der Waals surface area contributed by atoms with E-state index >= 15 is 0 Å². The number of nitrogens with zero attached hydrogens (tertiary/aromatic N) is 1. The van der Waals surface area contributed by atoms with Gasteiger partial charge in [0.15, 0.2) is 0 Å². The summed E-state index contributed by atoms with van der Waals surface area (Å²) in [6.07, 6.45) is 2.53. The number of primary sulfonamides is 1. The van der Waals surface area contributed by atoms with Gasteiger partial charge in [-0.1, -0.05) is 36.8 Å². The first kappa shape index (κ1) is 16.8. The number of hydrogen-bond acceptors (Lipinski definition) is 3. The second-order valence-electron chi connectivity index (χ2n) is 6.64. The smallest absolute Gasteiger partial charge is 0.260 e. The number of rotatable bonds is 5. The lowest BCUT2D eigenvalue weighted by Gasteiger charge is -2.35. The Hall–Kier alpha value is -1.05. The number of likely N-dealkylation sites (tertiary alicyclic amines) is 1. The van der Waals surface area contributed by atoms with E-state index in [1.807, 2.05) is 11.0 Å². The molecule has 1 saturated heterocycles. The fraction of sp³-hybridized carbons (Fsp3) is 0.625. The molecule has 1 unspecified atom stereocenters. The van der Waals surface area contributed by atoms with E-state index in [1.165, 1.54) is 0 Å². The zero-order valence-corrected chi connectivity index (χ0v) is 13.7. The number of nitrogens with two attached hydrogens (primary N) is 1. The van der Waals surface area contributed by atoms with Crippen LogP contribution in [0.3, 0.4) is 0 Å². The molecule has 2 N–H and O–H groups in total. The summed E-state index contributed by atoms with van der Waals surface area (Å²) in [6, 6.07) is 8.57. The first-order valence-corrected chi connectivity index (χ1v) is 9.68. The zero-order valence-electron chi connectivity index (χ0n) is 12.9. The van der Waals surface area contributed by atoms with E-state index in [2.05, 4.69) is 0 Å². The van der Waals surface area contributed by atoms with Gasteiger partial charge in [0.2, 0.25) is 10.0 Å². The third-order valence-corrected chi connectivity index (χ3v) is 5.82. The van der Waals surface area contributed by atoms with Crippen LogP contribution in [-0.4, -0.2) is 44.1 Å². The highest BCUT2D eigenvalue weighted by Crippen LogP contribution is 2.61. The van der Waals surface area contributed by atoms with Crippen LogP contribution in [0.15, 0.2) is 30.3 Å². The van der Waals surface area contributed by atoms with Crippen LogP contribution in [0.2, 0.25) is 0 Å². The van der Waals surface area contributed by atoms with Crippen molar-refractivity contribution < 1.29 is 17.2 Å². The molecule has 2 fully saturated rings. The van der Waals surface area contributed by atoms with Gasteiger partial charge < -0.3 is 0 Å². The molecule has 0 radical (unpaired) electrons. The number of benzene rings is 1. The molecule has 1 aliphatic heterocycles. The third-order valence-electron chi connectivity index (χ3n) is 4.97. The maximum Gasteiger partial charge on any atom is 0.260 e. The van der Waals surface area contributed by atoms with Crippen molar-refractivity contribution in [2.75, 3.05) is 18.8 Å². The van der Waals surface area contributed by atoms with Crippen molar-refractivity contribution >= 4 is 10.0 Å². The van der Waals surface area contributed by atoms with E-state index < -0.39 is 27.8 Å². The Morgan fingerprint density at radius 1 is 1.22 bits per heavy atom. The highest BCUT2D eigenvalue weighted by molar-refractivity contribution is 7.89. The molecule has 7 heteroatoms. The molecule has 1 heterocycles. The highest BCUT2D eigenvalue weighted by Gasteiger charge is 2.68. The van der Waals surface area contributed by atoms with Crippen molar-refractivity contribution in [3.05, 3.63) is 35.9 Å². The van der Waals surface area contributed by atoms with Gasteiger partial charge in [-0.05, 0) is 24.9 Å². The quantitative estimate of drug-likeness (QED) is 0.890. The van der Waals surface area contributed by atoms with Crippen LogP contribution in [-0.2, 0) is 10.0 Å². The summed E-state index contributed by atoms with van der Waals surface area (Å²) < 4.78 is 51.1. The van der Waals surface area contributed by atoms with Crippen LogP contribution in [0.4, 0.5) is 8.78 Å². The molecule has 4 nitrogen and oxygen atoms in total. The Kier molecular flexibility index (Phi) is 4.46. The predicted molar refractivity (Wildman–Crippen MR) is 84.8 cm³/mol. The van der Waals surface area contributed by atoms with Gasteiger partial charge in [-0.25, -0.2) is 22.3 Å². The van der Waals surface area contributed by atoms with Gasteiger partial charge in [-0.3, -0.25) is 4.90 Å². The lowest BCUT2D eigenvalue weighted by atomic mass is 10.0. The van der Waals surface area contributed by atoms with E-state index in [-0.39, 0.29) is 18.3 Å². The second-order valence-corrected chi connectivity index (χ2v) is 8.30. The summed E-state index contributed by atoms with van der Waals surface area (Å²) in [6.45, 7) is 0.890. The molecule has 1 saturated carbocycles. The predicted octanol–water partition coefficient (Wildman–Crippen LogP) is 2.18. The summed E-state index contributed by atoms with van der Waals surface area (Å²) in [7, 11) is -3.60. The van der Waals surface area contributed by atoms with E-state index in [9.17, 15) is 17.2 Å². The number of hydrogen-bond donors (Lipinski definition) is 1. The van der Waals surface area contributed by atoms with Crippen molar-refractivity contribution in [1.82, 2.24) is 4.90 Å². The zero-order chi connectivity index (χ0) is 16.7. The Morgan fingerprint density at radius 2 is 1.91 bits per heavy atom. The van der Waals surface area contributed by atoms with E-state index in [0.29, 0.717) is 18.5 Å². The number of halogens is 2. The standard InChI is InChI=1S/C16H22F2N2O2S/c17-16(18)14(15(16)12-6-2-1-3-7-12)10-20-9-5-4-8-13(20)11-23(19,21)22/h1-3,6-7,13-15H,4-5,8-11H2,(H2,19,21,22)/t13?,14-,15-/m1/s1. The van der Waals surface area contributed by atoms with Gasteiger partial charge in [-0.2, -0.15) is 0 Å². The van der Waals surface area contributed by atoms with E-state index in [0.717, 1.165) is 12.8 Å². The summed E-state index contributed by atoms with van der Waals surface area (Å²) in [5, 5.41) is 5.14. The Labute approximate surface area is 135 Å². The van der Waals surface area contributed by atoms with Gasteiger partial charge >= 0.3 is 0 Å². The van der Waals surface area contributed by atoms with Crippen LogP contribution in [0.1, 0.15) is 30.7 Å². The molecule has 23 heavy (non-hydrogen) atoms. The fourth-order valence-corrected chi connectivity index (χ4v) is 4.66.